The molecule has 2 heterocycles. The molecular formula is C23H37FIN5O2. The third-order valence-electron chi connectivity index (χ3n) is 6.23. The predicted octanol–water partition coefficient (Wildman–Crippen LogP) is 2.72. The normalized spacial score (nSPS) is 18.3. The minimum atomic E-state index is -0.272. The van der Waals surface area contributed by atoms with Crippen molar-refractivity contribution >= 4 is 41.5 Å². The molecule has 1 amide bonds. The highest BCUT2D eigenvalue weighted by Crippen LogP contribution is 2.25. The van der Waals surface area contributed by atoms with Gasteiger partial charge in [-0.15, -0.1) is 24.0 Å². The highest BCUT2D eigenvalue weighted by molar-refractivity contribution is 14.0. The van der Waals surface area contributed by atoms with E-state index < -0.39 is 0 Å². The fourth-order valence-corrected chi connectivity index (χ4v) is 4.32. The number of amides is 1. The smallest absolute Gasteiger partial charge is 0.220 e. The highest BCUT2D eigenvalue weighted by atomic mass is 127. The van der Waals surface area contributed by atoms with Gasteiger partial charge < -0.3 is 25.5 Å². The number of aliphatic hydroxyl groups is 1. The molecule has 180 valence electrons. The number of nitrogens with one attached hydrogen (secondary N) is 2. The molecule has 2 saturated heterocycles. The summed E-state index contributed by atoms with van der Waals surface area (Å²) in [6.45, 7) is 6.30. The Hall–Kier alpha value is -1.62. The SMILES string of the molecule is CCNC(=NCc1ccc(N2CCC(O)CC2)c(F)c1)N1CCC(CC(=O)NC)CC1.I. The predicted molar refractivity (Wildman–Crippen MR) is 137 cm³/mol. The van der Waals surface area contributed by atoms with Gasteiger partial charge in [0.2, 0.25) is 5.91 Å². The van der Waals surface area contributed by atoms with Crippen LogP contribution in [0.5, 0.6) is 0 Å². The number of guanidine groups is 1. The van der Waals surface area contributed by atoms with Crippen LogP contribution < -0.4 is 15.5 Å². The van der Waals surface area contributed by atoms with Crippen LogP contribution in [-0.2, 0) is 11.3 Å². The summed E-state index contributed by atoms with van der Waals surface area (Å²) in [6, 6.07) is 5.34. The van der Waals surface area contributed by atoms with Crippen molar-refractivity contribution in [3.05, 3.63) is 29.6 Å². The molecule has 0 bridgehead atoms. The third kappa shape index (κ3) is 7.47. The maximum absolute atomic E-state index is 14.7. The lowest BCUT2D eigenvalue weighted by atomic mass is 9.93. The van der Waals surface area contributed by atoms with Crippen molar-refractivity contribution in [3.63, 3.8) is 0 Å². The van der Waals surface area contributed by atoms with Crippen LogP contribution in [0.2, 0.25) is 0 Å². The first-order chi connectivity index (χ1) is 15.0. The molecule has 0 radical (unpaired) electrons. The van der Waals surface area contributed by atoms with Crippen LogP contribution >= 0.6 is 24.0 Å². The van der Waals surface area contributed by atoms with Crippen molar-refractivity contribution in [2.75, 3.05) is 44.7 Å². The Balaban J connectivity index is 0.00000363. The Morgan fingerprint density at radius 3 is 2.47 bits per heavy atom. The van der Waals surface area contributed by atoms with Crippen LogP contribution in [0.3, 0.4) is 0 Å². The molecule has 0 unspecified atom stereocenters. The number of hydrogen-bond donors (Lipinski definition) is 3. The third-order valence-corrected chi connectivity index (χ3v) is 6.23. The molecule has 0 spiro atoms. The van der Waals surface area contributed by atoms with Gasteiger partial charge in [-0.1, -0.05) is 6.07 Å². The fraction of sp³-hybridized carbons (Fsp3) is 0.652. The number of piperidine rings is 2. The standard InChI is InChI=1S/C23H36FN5O2.HI/c1-3-26-23(29-10-6-17(7-11-29)15-22(31)25-2)27-16-18-4-5-21(20(24)14-18)28-12-8-19(30)9-13-28;/h4-5,14,17,19,30H,3,6-13,15-16H2,1-2H3,(H,25,31)(H,26,27);1H. The van der Waals surface area contributed by atoms with Gasteiger partial charge in [-0.05, 0) is 56.2 Å². The Labute approximate surface area is 207 Å². The Bertz CT molecular complexity index is 763. The molecule has 1 aromatic rings. The van der Waals surface area contributed by atoms with E-state index in [1.807, 2.05) is 24.0 Å². The monoisotopic (exact) mass is 561 g/mol. The van der Waals surface area contributed by atoms with E-state index in [0.29, 0.717) is 50.5 Å². The van der Waals surface area contributed by atoms with Crippen molar-refractivity contribution < 1.29 is 14.3 Å². The summed E-state index contributed by atoms with van der Waals surface area (Å²) in [5, 5.41) is 15.7. The number of anilines is 1. The number of carbonyl (C=O) groups excluding carboxylic acids is 1. The van der Waals surface area contributed by atoms with Gasteiger partial charge in [0.15, 0.2) is 5.96 Å². The van der Waals surface area contributed by atoms with Gasteiger partial charge in [0, 0.05) is 46.2 Å². The molecule has 2 aliphatic heterocycles. The lowest BCUT2D eigenvalue weighted by Gasteiger charge is -2.34. The van der Waals surface area contributed by atoms with Crippen LogP contribution in [-0.4, -0.2) is 67.7 Å². The molecule has 0 aromatic heterocycles. The van der Waals surface area contributed by atoms with Crippen molar-refractivity contribution in [1.29, 1.82) is 0 Å². The van der Waals surface area contributed by atoms with E-state index >= 15 is 0 Å². The summed E-state index contributed by atoms with van der Waals surface area (Å²) >= 11 is 0. The molecule has 3 rings (SSSR count). The first-order valence-electron chi connectivity index (χ1n) is 11.5. The molecule has 7 nitrogen and oxygen atoms in total. The molecule has 1 aromatic carbocycles. The van der Waals surface area contributed by atoms with Crippen LogP contribution in [0.25, 0.3) is 0 Å². The van der Waals surface area contributed by atoms with Crippen molar-refractivity contribution in [2.24, 2.45) is 10.9 Å². The molecule has 2 aliphatic rings. The Morgan fingerprint density at radius 1 is 1.19 bits per heavy atom. The quantitative estimate of drug-likeness (QED) is 0.283. The van der Waals surface area contributed by atoms with E-state index in [-0.39, 0.29) is 41.8 Å². The van der Waals surface area contributed by atoms with Crippen molar-refractivity contribution in [2.45, 2.75) is 51.7 Å². The van der Waals surface area contributed by atoms with Gasteiger partial charge in [-0.2, -0.15) is 0 Å². The minimum absolute atomic E-state index is 0. The number of aliphatic imine (C=N–C) groups is 1. The zero-order valence-corrected chi connectivity index (χ0v) is 21.5. The number of nitrogens with zero attached hydrogens (tertiary/aromatic N) is 3. The average Bonchev–Trinajstić information content (AvgIpc) is 2.78. The highest BCUT2D eigenvalue weighted by Gasteiger charge is 2.23. The maximum Gasteiger partial charge on any atom is 0.220 e. The van der Waals surface area contributed by atoms with Gasteiger partial charge in [-0.3, -0.25) is 4.79 Å². The zero-order chi connectivity index (χ0) is 22.2. The van der Waals surface area contributed by atoms with E-state index in [0.717, 1.165) is 44.0 Å². The fourth-order valence-electron chi connectivity index (χ4n) is 4.32. The molecule has 2 fully saturated rings. The number of likely N-dealkylation sites (tertiary alicyclic amines) is 1. The molecular weight excluding hydrogens is 524 g/mol. The van der Waals surface area contributed by atoms with Gasteiger partial charge in [-0.25, -0.2) is 9.38 Å². The second-order valence-electron chi connectivity index (χ2n) is 8.48. The first-order valence-corrected chi connectivity index (χ1v) is 11.5. The summed E-state index contributed by atoms with van der Waals surface area (Å²) in [4.78, 5) is 20.6. The van der Waals surface area contributed by atoms with E-state index in [1.165, 1.54) is 0 Å². The largest absolute Gasteiger partial charge is 0.393 e. The molecule has 0 aliphatic carbocycles. The summed E-state index contributed by atoms with van der Waals surface area (Å²) in [5.74, 6) is 1.13. The molecule has 0 saturated carbocycles. The lowest BCUT2D eigenvalue weighted by Crippen LogP contribution is -2.46. The van der Waals surface area contributed by atoms with Gasteiger partial charge in [0.25, 0.3) is 0 Å². The van der Waals surface area contributed by atoms with Crippen LogP contribution in [0, 0.1) is 11.7 Å². The first kappa shape index (κ1) is 26.6. The van der Waals surface area contributed by atoms with Crippen molar-refractivity contribution in [1.82, 2.24) is 15.5 Å². The summed E-state index contributed by atoms with van der Waals surface area (Å²) in [5.41, 5.74) is 1.44. The molecule has 3 N–H and O–H groups in total. The number of carbonyl (C=O) groups is 1. The van der Waals surface area contributed by atoms with E-state index in [4.69, 9.17) is 4.99 Å². The van der Waals surface area contributed by atoms with Gasteiger partial charge in [0.05, 0.1) is 18.3 Å². The number of halogens is 2. The number of benzene rings is 1. The minimum Gasteiger partial charge on any atom is -0.393 e. The zero-order valence-electron chi connectivity index (χ0n) is 19.1. The van der Waals surface area contributed by atoms with E-state index in [9.17, 15) is 14.3 Å². The topological polar surface area (TPSA) is 80.2 Å². The van der Waals surface area contributed by atoms with Gasteiger partial charge in [0.1, 0.15) is 5.82 Å². The Morgan fingerprint density at radius 2 is 1.88 bits per heavy atom. The summed E-state index contributed by atoms with van der Waals surface area (Å²) in [6.07, 6.45) is 3.59. The summed E-state index contributed by atoms with van der Waals surface area (Å²) in [7, 11) is 1.68. The van der Waals surface area contributed by atoms with Crippen LogP contribution in [0.4, 0.5) is 10.1 Å². The number of hydrogen-bond acceptors (Lipinski definition) is 4. The van der Waals surface area contributed by atoms with Gasteiger partial charge >= 0.3 is 0 Å². The molecule has 32 heavy (non-hydrogen) atoms. The second kappa shape index (κ2) is 13.2. The van der Waals surface area contributed by atoms with Crippen LogP contribution in [0.1, 0.15) is 44.6 Å². The van der Waals surface area contributed by atoms with E-state index in [2.05, 4.69) is 15.5 Å². The molecule has 9 heteroatoms. The second-order valence-corrected chi connectivity index (χ2v) is 8.48. The number of rotatable bonds is 6. The maximum atomic E-state index is 14.7. The number of aliphatic hydroxyl groups excluding tert-OH is 1. The Kier molecular flexibility index (Phi) is 11.0. The molecule has 0 atom stereocenters. The van der Waals surface area contributed by atoms with Crippen LogP contribution in [0.15, 0.2) is 23.2 Å². The van der Waals surface area contributed by atoms with E-state index in [1.54, 1.807) is 13.1 Å². The lowest BCUT2D eigenvalue weighted by molar-refractivity contribution is -0.121. The summed E-state index contributed by atoms with van der Waals surface area (Å²) < 4.78 is 14.7. The average molecular weight is 561 g/mol. The van der Waals surface area contributed by atoms with Crippen molar-refractivity contribution in [3.8, 4) is 0 Å².